The Bertz CT molecular complexity index is 1640. The third kappa shape index (κ3) is 5.39. The quantitative estimate of drug-likeness (QED) is 0.321. The van der Waals surface area contributed by atoms with Gasteiger partial charge in [-0.05, 0) is 85.2 Å². The maximum Gasteiger partial charge on any atom is 0.241 e. The third-order valence-corrected chi connectivity index (χ3v) is 9.20. The fraction of sp³-hybridized carbons (Fsp3) is 0.258. The normalized spacial score (nSPS) is 19.7. The molecule has 0 saturated heterocycles. The Balaban J connectivity index is 1.29. The molecule has 4 aromatic rings. The highest BCUT2D eigenvalue weighted by Crippen LogP contribution is 2.49. The van der Waals surface area contributed by atoms with Crippen molar-refractivity contribution in [2.45, 2.75) is 49.6 Å². The van der Waals surface area contributed by atoms with Gasteiger partial charge in [-0.1, -0.05) is 36.4 Å². The van der Waals surface area contributed by atoms with Gasteiger partial charge in [-0.25, -0.2) is 27.5 Å². The Labute approximate surface area is 233 Å². The van der Waals surface area contributed by atoms with Gasteiger partial charge in [-0.3, -0.25) is 4.79 Å². The summed E-state index contributed by atoms with van der Waals surface area (Å²) in [6.45, 7) is 2.12. The molecule has 204 valence electrons. The summed E-state index contributed by atoms with van der Waals surface area (Å²) in [6.07, 6.45) is 5.56. The summed E-state index contributed by atoms with van der Waals surface area (Å²) in [4.78, 5) is 24.3. The molecule has 3 aromatic carbocycles. The van der Waals surface area contributed by atoms with Crippen molar-refractivity contribution in [1.82, 2.24) is 14.7 Å². The molecular formula is C31H29FN4O3S. The van der Waals surface area contributed by atoms with Gasteiger partial charge in [-0.2, -0.15) is 0 Å². The van der Waals surface area contributed by atoms with Crippen LogP contribution in [0.4, 0.5) is 10.1 Å². The Morgan fingerprint density at radius 3 is 2.48 bits per heavy atom. The van der Waals surface area contributed by atoms with Crippen molar-refractivity contribution in [3.05, 3.63) is 119 Å². The number of benzene rings is 3. The first-order valence-electron chi connectivity index (χ1n) is 13.3. The fourth-order valence-corrected chi connectivity index (χ4v) is 6.72. The first-order valence-corrected chi connectivity index (χ1v) is 14.8. The van der Waals surface area contributed by atoms with Crippen molar-refractivity contribution in [1.29, 1.82) is 0 Å². The number of amides is 1. The second-order valence-corrected chi connectivity index (χ2v) is 12.2. The van der Waals surface area contributed by atoms with Crippen molar-refractivity contribution in [3.8, 4) is 0 Å². The second-order valence-electron chi connectivity index (χ2n) is 10.5. The van der Waals surface area contributed by atoms with Gasteiger partial charge < -0.3 is 4.90 Å². The van der Waals surface area contributed by atoms with Crippen LogP contribution < -0.4 is 9.62 Å². The number of hydrogen-bond donors (Lipinski definition) is 1. The van der Waals surface area contributed by atoms with E-state index in [1.54, 1.807) is 17.3 Å². The Kier molecular flexibility index (Phi) is 6.93. The minimum atomic E-state index is -3.86. The molecule has 7 nitrogen and oxygen atoms in total. The molecule has 0 spiro atoms. The van der Waals surface area contributed by atoms with Crippen LogP contribution in [0.1, 0.15) is 52.9 Å². The van der Waals surface area contributed by atoms with E-state index >= 15 is 0 Å². The molecule has 0 aliphatic heterocycles. The number of rotatable bonds is 8. The minimum absolute atomic E-state index is 0.00960. The van der Waals surface area contributed by atoms with Crippen LogP contribution in [0.2, 0.25) is 0 Å². The lowest BCUT2D eigenvalue weighted by Crippen LogP contribution is -2.32. The first-order chi connectivity index (χ1) is 19.3. The number of aromatic nitrogens is 2. The molecule has 0 bridgehead atoms. The van der Waals surface area contributed by atoms with Crippen molar-refractivity contribution < 1.29 is 17.6 Å². The summed E-state index contributed by atoms with van der Waals surface area (Å²) in [5, 5.41) is 0. The maximum atomic E-state index is 13.9. The summed E-state index contributed by atoms with van der Waals surface area (Å²) < 4.78 is 42.3. The van der Waals surface area contributed by atoms with Gasteiger partial charge in [0.15, 0.2) is 0 Å². The third-order valence-electron chi connectivity index (χ3n) is 7.72. The zero-order chi connectivity index (χ0) is 27.9. The van der Waals surface area contributed by atoms with E-state index in [0.717, 1.165) is 40.8 Å². The number of fused-ring (bicyclic) bond motifs is 1. The van der Waals surface area contributed by atoms with Gasteiger partial charge in [0, 0.05) is 35.6 Å². The van der Waals surface area contributed by atoms with Crippen LogP contribution in [0.15, 0.2) is 90.1 Å². The molecule has 1 aromatic heterocycles. The number of aryl methyl sites for hydroxylation is 2. The van der Waals surface area contributed by atoms with E-state index in [4.69, 9.17) is 0 Å². The summed E-state index contributed by atoms with van der Waals surface area (Å²) in [5.41, 5.74) is 4.55. The number of carbonyl (C=O) groups is 1. The Morgan fingerprint density at radius 2 is 1.75 bits per heavy atom. The molecule has 9 heteroatoms. The van der Waals surface area contributed by atoms with E-state index in [1.807, 2.05) is 43.3 Å². The van der Waals surface area contributed by atoms with E-state index in [-0.39, 0.29) is 22.6 Å². The van der Waals surface area contributed by atoms with Crippen molar-refractivity contribution in [3.63, 3.8) is 0 Å². The van der Waals surface area contributed by atoms with E-state index in [9.17, 15) is 17.6 Å². The SMILES string of the molecule is Cc1ncc(CN(C(=O)[C@@H]2C[C@@H]2c2ccccc2)c2ccc3c(c2)[C@H](NS(=O)(=O)c2ccc(F)cc2)CC3)cn1. The van der Waals surface area contributed by atoms with Crippen molar-refractivity contribution >= 4 is 21.6 Å². The van der Waals surface area contributed by atoms with Crippen LogP contribution in [0.5, 0.6) is 0 Å². The van der Waals surface area contributed by atoms with Gasteiger partial charge in [0.1, 0.15) is 11.6 Å². The maximum absolute atomic E-state index is 13.9. The molecule has 2 aliphatic carbocycles. The smallest absolute Gasteiger partial charge is 0.241 e. The molecule has 1 N–H and O–H groups in total. The monoisotopic (exact) mass is 556 g/mol. The Hall–Kier alpha value is -3.95. The van der Waals surface area contributed by atoms with E-state index < -0.39 is 21.9 Å². The highest BCUT2D eigenvalue weighted by molar-refractivity contribution is 7.89. The predicted molar refractivity (Wildman–Crippen MR) is 149 cm³/mol. The largest absolute Gasteiger partial charge is 0.308 e. The number of nitrogens with zero attached hydrogens (tertiary/aromatic N) is 3. The van der Waals surface area contributed by atoms with Crippen LogP contribution in [-0.2, 0) is 27.8 Å². The second kappa shape index (κ2) is 10.6. The van der Waals surface area contributed by atoms with Crippen LogP contribution in [0.25, 0.3) is 0 Å². The molecule has 2 aliphatic rings. The fourth-order valence-electron chi connectivity index (χ4n) is 5.47. The molecular weight excluding hydrogens is 527 g/mol. The number of nitrogens with one attached hydrogen (secondary N) is 1. The van der Waals surface area contributed by atoms with E-state index in [2.05, 4.69) is 26.8 Å². The molecule has 1 amide bonds. The summed E-state index contributed by atoms with van der Waals surface area (Å²) in [5.74, 6) is 0.228. The minimum Gasteiger partial charge on any atom is -0.308 e. The number of anilines is 1. The zero-order valence-electron chi connectivity index (χ0n) is 22.0. The summed E-state index contributed by atoms with van der Waals surface area (Å²) in [7, 11) is -3.86. The molecule has 6 rings (SSSR count). The van der Waals surface area contributed by atoms with Gasteiger partial charge >= 0.3 is 0 Å². The van der Waals surface area contributed by atoms with Gasteiger partial charge in [0.2, 0.25) is 15.9 Å². The van der Waals surface area contributed by atoms with Crippen LogP contribution in [0.3, 0.4) is 0 Å². The van der Waals surface area contributed by atoms with Gasteiger partial charge in [0.05, 0.1) is 11.4 Å². The molecule has 0 radical (unpaired) electrons. The molecule has 3 atom stereocenters. The lowest BCUT2D eigenvalue weighted by atomic mass is 10.1. The van der Waals surface area contributed by atoms with Crippen LogP contribution >= 0.6 is 0 Å². The van der Waals surface area contributed by atoms with Crippen LogP contribution in [-0.4, -0.2) is 24.3 Å². The molecule has 0 unspecified atom stereocenters. The first kappa shape index (κ1) is 26.3. The lowest BCUT2D eigenvalue weighted by molar-refractivity contribution is -0.120. The van der Waals surface area contributed by atoms with Crippen molar-refractivity contribution in [2.75, 3.05) is 4.90 Å². The standard InChI is InChI=1S/C31H29FN4O3S/c1-20-33-17-21(18-34-20)19-36(31(37)29-16-27(29)22-5-3-2-4-6-22)25-11-7-23-8-14-30(28(23)15-25)35-40(38,39)26-12-9-24(32)10-13-26/h2-7,9-13,15,17-18,27,29-30,35H,8,14,16,19H2,1H3/t27-,29-,30-/m1/s1. The molecule has 1 heterocycles. The van der Waals surface area contributed by atoms with Crippen LogP contribution in [0, 0.1) is 18.7 Å². The average Bonchev–Trinajstić information content (AvgIpc) is 3.68. The van der Waals surface area contributed by atoms with Crippen molar-refractivity contribution in [2.24, 2.45) is 5.92 Å². The summed E-state index contributed by atoms with van der Waals surface area (Å²) in [6, 6.07) is 20.2. The lowest BCUT2D eigenvalue weighted by Gasteiger charge is -2.25. The summed E-state index contributed by atoms with van der Waals surface area (Å²) >= 11 is 0. The Morgan fingerprint density at radius 1 is 1.02 bits per heavy atom. The molecule has 1 fully saturated rings. The number of sulfonamides is 1. The van der Waals surface area contributed by atoms with Gasteiger partial charge in [-0.15, -0.1) is 0 Å². The molecule has 40 heavy (non-hydrogen) atoms. The molecule has 1 saturated carbocycles. The average molecular weight is 557 g/mol. The van der Waals surface area contributed by atoms with Gasteiger partial charge in [0.25, 0.3) is 0 Å². The van der Waals surface area contributed by atoms with E-state index in [0.29, 0.717) is 30.9 Å². The number of halogens is 1. The van der Waals surface area contributed by atoms with E-state index in [1.165, 1.54) is 12.1 Å². The topological polar surface area (TPSA) is 92.3 Å². The zero-order valence-corrected chi connectivity index (χ0v) is 22.8. The predicted octanol–water partition coefficient (Wildman–Crippen LogP) is 5.23. The highest BCUT2D eigenvalue weighted by Gasteiger charge is 2.46. The number of hydrogen-bond acceptors (Lipinski definition) is 5. The highest BCUT2D eigenvalue weighted by atomic mass is 32.2. The number of carbonyl (C=O) groups excluding carboxylic acids is 1.